The largest absolute Gasteiger partial charge is 0.508 e. The van der Waals surface area contributed by atoms with Gasteiger partial charge in [-0.2, -0.15) is 5.10 Å². The van der Waals surface area contributed by atoms with E-state index in [0.717, 1.165) is 16.8 Å². The molecule has 5 heteroatoms. The van der Waals surface area contributed by atoms with Gasteiger partial charge >= 0.3 is 0 Å². The molecule has 2 unspecified atom stereocenters. The van der Waals surface area contributed by atoms with Crippen LogP contribution in [0.15, 0.2) is 24.4 Å². The molecule has 2 rings (SSSR count). The van der Waals surface area contributed by atoms with Crippen LogP contribution >= 0.6 is 0 Å². The van der Waals surface area contributed by atoms with Crippen LogP contribution in [0.4, 0.5) is 0 Å². The molecule has 3 N–H and O–H groups in total. The van der Waals surface area contributed by atoms with Crippen LogP contribution in [0.2, 0.25) is 0 Å². The fraction of sp³-hybridized carbons (Fsp3) is 0.400. The average molecular weight is 275 g/mol. The van der Waals surface area contributed by atoms with Gasteiger partial charge in [0.2, 0.25) is 0 Å². The van der Waals surface area contributed by atoms with E-state index in [0.29, 0.717) is 0 Å². The van der Waals surface area contributed by atoms with Crippen molar-refractivity contribution in [2.45, 2.75) is 32.9 Å². The highest BCUT2D eigenvalue weighted by Crippen LogP contribution is 2.27. The van der Waals surface area contributed by atoms with Gasteiger partial charge in [-0.15, -0.1) is 0 Å². The first-order valence-electron chi connectivity index (χ1n) is 6.66. The Kier molecular flexibility index (Phi) is 3.99. The summed E-state index contributed by atoms with van der Waals surface area (Å²) in [7, 11) is 1.92. The van der Waals surface area contributed by atoms with Crippen LogP contribution in [0, 0.1) is 6.92 Å². The zero-order valence-electron chi connectivity index (χ0n) is 12.3. The summed E-state index contributed by atoms with van der Waals surface area (Å²) < 4.78 is 1.85. The number of rotatable bonds is 4. The van der Waals surface area contributed by atoms with Crippen molar-refractivity contribution < 1.29 is 10.2 Å². The number of phenolic OH excluding ortho intramolecular Hbond substituents is 2. The number of hydrogen-bond acceptors (Lipinski definition) is 4. The number of aromatic nitrogens is 2. The molecule has 1 aromatic heterocycles. The van der Waals surface area contributed by atoms with Gasteiger partial charge in [0.25, 0.3) is 0 Å². The Morgan fingerprint density at radius 3 is 2.20 bits per heavy atom. The molecule has 0 radical (unpaired) electrons. The standard InChI is InChI=1S/C15H21N3O2/c1-9(12-5-13(19)7-14(20)6-12)17-10(2)15-8-16-18(4)11(15)3/h5-10,17,19-20H,1-4H3. The number of hydrogen-bond donors (Lipinski definition) is 3. The van der Waals surface area contributed by atoms with Gasteiger partial charge in [0, 0.05) is 36.5 Å². The van der Waals surface area contributed by atoms with E-state index in [1.54, 1.807) is 12.1 Å². The van der Waals surface area contributed by atoms with E-state index in [9.17, 15) is 10.2 Å². The van der Waals surface area contributed by atoms with Crippen LogP contribution < -0.4 is 5.32 Å². The van der Waals surface area contributed by atoms with Crippen LogP contribution in [0.25, 0.3) is 0 Å². The molecular weight excluding hydrogens is 254 g/mol. The van der Waals surface area contributed by atoms with Crippen LogP contribution in [-0.4, -0.2) is 20.0 Å². The van der Waals surface area contributed by atoms with Gasteiger partial charge in [-0.3, -0.25) is 4.68 Å². The van der Waals surface area contributed by atoms with Gasteiger partial charge in [-0.05, 0) is 38.5 Å². The molecule has 0 aliphatic rings. The van der Waals surface area contributed by atoms with E-state index in [1.165, 1.54) is 6.07 Å². The molecule has 0 spiro atoms. The number of nitrogens with zero attached hydrogens (tertiary/aromatic N) is 2. The van der Waals surface area contributed by atoms with Gasteiger partial charge in [0.1, 0.15) is 11.5 Å². The Morgan fingerprint density at radius 1 is 1.10 bits per heavy atom. The van der Waals surface area contributed by atoms with Crippen molar-refractivity contribution >= 4 is 0 Å². The lowest BCUT2D eigenvalue weighted by Crippen LogP contribution is -2.22. The summed E-state index contributed by atoms with van der Waals surface area (Å²) in [6.45, 7) is 6.10. The Bertz CT molecular complexity index is 587. The summed E-state index contributed by atoms with van der Waals surface area (Å²) in [5, 5.41) is 26.8. The summed E-state index contributed by atoms with van der Waals surface area (Å²) in [6, 6.07) is 4.76. The number of benzene rings is 1. The minimum Gasteiger partial charge on any atom is -0.508 e. The molecule has 0 amide bonds. The van der Waals surface area contributed by atoms with Crippen molar-refractivity contribution in [3.63, 3.8) is 0 Å². The molecule has 0 saturated carbocycles. The van der Waals surface area contributed by atoms with Gasteiger partial charge in [0.05, 0.1) is 6.20 Å². The summed E-state index contributed by atoms with van der Waals surface area (Å²) in [5.41, 5.74) is 3.11. The van der Waals surface area contributed by atoms with Crippen LogP contribution in [0.5, 0.6) is 11.5 Å². The normalized spacial score (nSPS) is 14.2. The van der Waals surface area contributed by atoms with Crippen molar-refractivity contribution in [3.05, 3.63) is 41.2 Å². The van der Waals surface area contributed by atoms with Gasteiger partial charge in [0.15, 0.2) is 0 Å². The van der Waals surface area contributed by atoms with Crippen LogP contribution in [0.1, 0.15) is 42.8 Å². The van der Waals surface area contributed by atoms with Crippen molar-refractivity contribution in [1.82, 2.24) is 15.1 Å². The van der Waals surface area contributed by atoms with Gasteiger partial charge in [-0.25, -0.2) is 0 Å². The van der Waals surface area contributed by atoms with E-state index in [2.05, 4.69) is 17.3 Å². The molecule has 0 aliphatic heterocycles. The smallest absolute Gasteiger partial charge is 0.119 e. The molecule has 108 valence electrons. The third-order valence-corrected chi connectivity index (χ3v) is 3.66. The van der Waals surface area contributed by atoms with E-state index >= 15 is 0 Å². The summed E-state index contributed by atoms with van der Waals surface area (Å²) in [4.78, 5) is 0. The molecule has 5 nitrogen and oxygen atoms in total. The molecule has 20 heavy (non-hydrogen) atoms. The predicted octanol–water partition coefficient (Wildman–Crippen LogP) is 2.55. The average Bonchev–Trinajstić information content (AvgIpc) is 2.68. The lowest BCUT2D eigenvalue weighted by Gasteiger charge is -2.20. The molecule has 1 heterocycles. The number of phenols is 2. The molecule has 2 atom stereocenters. The molecule has 0 fully saturated rings. The van der Waals surface area contributed by atoms with Gasteiger partial charge < -0.3 is 15.5 Å². The predicted molar refractivity (Wildman–Crippen MR) is 77.7 cm³/mol. The van der Waals surface area contributed by atoms with E-state index in [4.69, 9.17) is 0 Å². The number of aryl methyl sites for hydroxylation is 1. The zero-order chi connectivity index (χ0) is 14.9. The molecule has 1 aromatic carbocycles. The number of nitrogens with one attached hydrogen (secondary N) is 1. The molecule has 0 aliphatic carbocycles. The first kappa shape index (κ1) is 14.4. The van der Waals surface area contributed by atoms with E-state index in [1.807, 2.05) is 31.8 Å². The Balaban J connectivity index is 2.14. The highest BCUT2D eigenvalue weighted by molar-refractivity contribution is 5.38. The third-order valence-electron chi connectivity index (χ3n) is 3.66. The second-order valence-corrected chi connectivity index (χ2v) is 5.20. The summed E-state index contributed by atoms with van der Waals surface area (Å²) >= 11 is 0. The second-order valence-electron chi connectivity index (χ2n) is 5.20. The van der Waals surface area contributed by atoms with Gasteiger partial charge in [-0.1, -0.05) is 0 Å². The van der Waals surface area contributed by atoms with Crippen molar-refractivity contribution in [3.8, 4) is 11.5 Å². The SMILES string of the molecule is Cc1c(C(C)NC(C)c2cc(O)cc(O)c2)cnn1C. The molecule has 0 saturated heterocycles. The maximum absolute atomic E-state index is 9.54. The molecule has 0 bridgehead atoms. The fourth-order valence-electron chi connectivity index (χ4n) is 2.37. The van der Waals surface area contributed by atoms with Crippen molar-refractivity contribution in [2.75, 3.05) is 0 Å². The van der Waals surface area contributed by atoms with Crippen LogP contribution in [-0.2, 0) is 7.05 Å². The summed E-state index contributed by atoms with van der Waals surface area (Å²) in [6.07, 6.45) is 1.86. The van der Waals surface area contributed by atoms with Crippen molar-refractivity contribution in [1.29, 1.82) is 0 Å². The minimum absolute atomic E-state index is 0.00241. The minimum atomic E-state index is 0.00241. The Morgan fingerprint density at radius 2 is 1.70 bits per heavy atom. The molecular formula is C15H21N3O2. The number of aromatic hydroxyl groups is 2. The topological polar surface area (TPSA) is 70.3 Å². The van der Waals surface area contributed by atoms with E-state index < -0.39 is 0 Å². The fourth-order valence-corrected chi connectivity index (χ4v) is 2.37. The maximum Gasteiger partial charge on any atom is 0.119 e. The quantitative estimate of drug-likeness (QED) is 0.802. The lowest BCUT2D eigenvalue weighted by molar-refractivity contribution is 0.442. The third kappa shape index (κ3) is 2.93. The first-order valence-corrected chi connectivity index (χ1v) is 6.66. The Hall–Kier alpha value is -2.01. The molecule has 2 aromatic rings. The first-order chi connectivity index (χ1) is 9.38. The highest BCUT2D eigenvalue weighted by Gasteiger charge is 2.16. The zero-order valence-corrected chi connectivity index (χ0v) is 12.3. The van der Waals surface area contributed by atoms with E-state index in [-0.39, 0.29) is 23.6 Å². The highest BCUT2D eigenvalue weighted by atomic mass is 16.3. The summed E-state index contributed by atoms with van der Waals surface area (Å²) in [5.74, 6) is 0.137. The van der Waals surface area contributed by atoms with Crippen molar-refractivity contribution in [2.24, 2.45) is 7.05 Å². The maximum atomic E-state index is 9.54. The Labute approximate surface area is 118 Å². The monoisotopic (exact) mass is 275 g/mol. The lowest BCUT2D eigenvalue weighted by atomic mass is 10.0. The second kappa shape index (κ2) is 5.54. The van der Waals surface area contributed by atoms with Crippen LogP contribution in [0.3, 0.4) is 0 Å².